The number of aryl methyl sites for hydroxylation is 2. The topological polar surface area (TPSA) is 55.8 Å². The van der Waals surface area contributed by atoms with Crippen molar-refractivity contribution in [1.29, 1.82) is 0 Å². The lowest BCUT2D eigenvalue weighted by atomic mass is 10.1. The highest BCUT2D eigenvalue weighted by atomic mass is 35.5. The van der Waals surface area contributed by atoms with Gasteiger partial charge in [-0.25, -0.2) is 4.79 Å². The molecule has 0 spiro atoms. The van der Waals surface area contributed by atoms with Gasteiger partial charge in [0.15, 0.2) is 6.10 Å². The van der Waals surface area contributed by atoms with Gasteiger partial charge >= 0.3 is 5.97 Å². The molecule has 0 saturated carbocycles. The van der Waals surface area contributed by atoms with Gasteiger partial charge in [-0.3, -0.25) is 0 Å². The van der Waals surface area contributed by atoms with Crippen molar-refractivity contribution in [1.82, 2.24) is 0 Å². The third kappa shape index (κ3) is 4.73. The summed E-state index contributed by atoms with van der Waals surface area (Å²) in [6.07, 6.45) is -0.511. The molecule has 0 aliphatic carbocycles. The van der Waals surface area contributed by atoms with Gasteiger partial charge in [0.25, 0.3) is 0 Å². The van der Waals surface area contributed by atoms with Crippen molar-refractivity contribution < 1.29 is 19.4 Å². The summed E-state index contributed by atoms with van der Waals surface area (Å²) in [6.45, 7) is 6.25. The van der Waals surface area contributed by atoms with Crippen LogP contribution in [0.25, 0.3) is 0 Å². The summed E-state index contributed by atoms with van der Waals surface area (Å²) in [4.78, 5) is 10.9. The summed E-state index contributed by atoms with van der Waals surface area (Å²) in [5.74, 6) is -0.208. The largest absolute Gasteiger partial charge is 0.493 e. The quantitative estimate of drug-likeness (QED) is 0.836. The summed E-state index contributed by atoms with van der Waals surface area (Å²) >= 11 is 5.94. The number of aliphatic carboxylic acids is 1. The predicted molar refractivity (Wildman–Crippen MR) is 74.1 cm³/mol. The standard InChI is InChI=1S/C14H19ClO4/c1-4-18-12(14(16)17)5-6-19-13-9(2)7-11(15)8-10(13)3/h7-8,12H,4-6H2,1-3H3,(H,16,17). The molecule has 4 nitrogen and oxygen atoms in total. The van der Waals surface area contributed by atoms with Gasteiger partial charge in [0.1, 0.15) is 5.75 Å². The second kappa shape index (κ2) is 7.36. The molecule has 106 valence electrons. The number of carbonyl (C=O) groups is 1. The Morgan fingerprint density at radius 3 is 2.42 bits per heavy atom. The van der Waals surface area contributed by atoms with Crippen LogP contribution in [0.4, 0.5) is 0 Å². The highest BCUT2D eigenvalue weighted by molar-refractivity contribution is 6.30. The number of hydrogen-bond donors (Lipinski definition) is 1. The highest BCUT2D eigenvalue weighted by Crippen LogP contribution is 2.27. The average molecular weight is 287 g/mol. The minimum absolute atomic E-state index is 0.292. The molecule has 5 heteroatoms. The lowest BCUT2D eigenvalue weighted by molar-refractivity contribution is -0.150. The second-order valence-corrected chi connectivity index (χ2v) is 4.72. The van der Waals surface area contributed by atoms with E-state index in [0.717, 1.165) is 16.9 Å². The normalized spacial score (nSPS) is 12.2. The molecular weight excluding hydrogens is 268 g/mol. The van der Waals surface area contributed by atoms with Gasteiger partial charge in [-0.05, 0) is 44.0 Å². The van der Waals surface area contributed by atoms with E-state index >= 15 is 0 Å². The second-order valence-electron chi connectivity index (χ2n) is 4.29. The Morgan fingerprint density at radius 2 is 1.95 bits per heavy atom. The number of carboxylic acids is 1. The van der Waals surface area contributed by atoms with Gasteiger partial charge in [-0.1, -0.05) is 11.6 Å². The molecule has 0 aliphatic heterocycles. The van der Waals surface area contributed by atoms with E-state index in [9.17, 15) is 4.79 Å². The Labute approximate surface area is 118 Å². The SMILES string of the molecule is CCOC(CCOc1c(C)cc(Cl)cc1C)C(=O)O. The molecule has 0 amide bonds. The molecule has 19 heavy (non-hydrogen) atoms. The number of benzene rings is 1. The molecule has 0 aliphatic rings. The third-order valence-corrected chi connectivity index (χ3v) is 2.91. The molecule has 0 saturated heterocycles. The maximum atomic E-state index is 10.9. The number of ether oxygens (including phenoxy) is 2. The van der Waals surface area contributed by atoms with Crippen LogP contribution in [-0.2, 0) is 9.53 Å². The van der Waals surface area contributed by atoms with Crippen LogP contribution in [0.2, 0.25) is 5.02 Å². The van der Waals surface area contributed by atoms with Crippen molar-refractivity contribution >= 4 is 17.6 Å². The number of hydrogen-bond acceptors (Lipinski definition) is 3. The maximum Gasteiger partial charge on any atom is 0.332 e. The number of rotatable bonds is 7. The molecular formula is C14H19ClO4. The predicted octanol–water partition coefficient (Wildman–Crippen LogP) is 3.22. The first-order valence-electron chi connectivity index (χ1n) is 6.19. The zero-order valence-electron chi connectivity index (χ0n) is 11.4. The Balaban J connectivity index is 2.60. The van der Waals surface area contributed by atoms with Gasteiger partial charge < -0.3 is 14.6 Å². The van der Waals surface area contributed by atoms with Crippen molar-refractivity contribution in [3.8, 4) is 5.75 Å². The van der Waals surface area contributed by atoms with Crippen LogP contribution >= 0.6 is 11.6 Å². The van der Waals surface area contributed by atoms with Gasteiger partial charge in [0, 0.05) is 18.1 Å². The minimum Gasteiger partial charge on any atom is -0.493 e. The lowest BCUT2D eigenvalue weighted by Crippen LogP contribution is -2.26. The fourth-order valence-corrected chi connectivity index (χ4v) is 2.20. The Morgan fingerprint density at radius 1 is 1.37 bits per heavy atom. The Bertz CT molecular complexity index is 422. The van der Waals surface area contributed by atoms with E-state index in [1.807, 2.05) is 26.0 Å². The van der Waals surface area contributed by atoms with Gasteiger partial charge in [-0.15, -0.1) is 0 Å². The van der Waals surface area contributed by atoms with Crippen molar-refractivity contribution in [2.45, 2.75) is 33.3 Å². The smallest absolute Gasteiger partial charge is 0.332 e. The van der Waals surface area contributed by atoms with E-state index in [2.05, 4.69) is 0 Å². The van der Waals surface area contributed by atoms with E-state index in [1.54, 1.807) is 6.92 Å². The van der Waals surface area contributed by atoms with Crippen LogP contribution in [0.1, 0.15) is 24.5 Å². The molecule has 1 rings (SSSR count). The van der Waals surface area contributed by atoms with Crippen molar-refractivity contribution in [3.63, 3.8) is 0 Å². The Kier molecular flexibility index (Phi) is 6.12. The molecule has 1 atom stereocenters. The monoisotopic (exact) mass is 286 g/mol. The summed E-state index contributed by atoms with van der Waals surface area (Å²) in [7, 11) is 0. The molecule has 1 unspecified atom stereocenters. The van der Waals surface area contributed by atoms with Gasteiger partial charge in [0.05, 0.1) is 6.61 Å². The fourth-order valence-electron chi connectivity index (χ4n) is 1.87. The molecule has 1 aromatic carbocycles. The fraction of sp³-hybridized carbons (Fsp3) is 0.500. The molecule has 0 radical (unpaired) electrons. The molecule has 1 aromatic rings. The van der Waals surface area contributed by atoms with Crippen molar-refractivity contribution in [3.05, 3.63) is 28.3 Å². The first kappa shape index (κ1) is 15.8. The minimum atomic E-state index is -0.963. The van der Waals surface area contributed by atoms with Crippen LogP contribution in [0.5, 0.6) is 5.75 Å². The number of carboxylic acid groups (broad SMARTS) is 1. The van der Waals surface area contributed by atoms with Gasteiger partial charge in [0.2, 0.25) is 0 Å². The summed E-state index contributed by atoms with van der Waals surface area (Å²) in [6, 6.07) is 3.64. The zero-order chi connectivity index (χ0) is 14.4. The molecule has 1 N–H and O–H groups in total. The highest BCUT2D eigenvalue weighted by Gasteiger charge is 2.17. The summed E-state index contributed by atoms with van der Waals surface area (Å²) in [5.41, 5.74) is 1.88. The van der Waals surface area contributed by atoms with Gasteiger partial charge in [-0.2, -0.15) is 0 Å². The van der Waals surface area contributed by atoms with Crippen molar-refractivity contribution in [2.24, 2.45) is 0 Å². The summed E-state index contributed by atoms with van der Waals surface area (Å²) < 4.78 is 10.8. The van der Waals surface area contributed by atoms with E-state index in [-0.39, 0.29) is 0 Å². The van der Waals surface area contributed by atoms with E-state index in [1.165, 1.54) is 0 Å². The third-order valence-electron chi connectivity index (χ3n) is 2.69. The first-order chi connectivity index (χ1) is 8.95. The summed E-state index contributed by atoms with van der Waals surface area (Å²) in [5, 5.41) is 9.62. The molecule has 0 bridgehead atoms. The molecule has 0 heterocycles. The number of halogens is 1. The Hall–Kier alpha value is -1.26. The average Bonchev–Trinajstić information content (AvgIpc) is 2.30. The zero-order valence-corrected chi connectivity index (χ0v) is 12.2. The molecule has 0 aromatic heterocycles. The first-order valence-corrected chi connectivity index (χ1v) is 6.57. The van der Waals surface area contributed by atoms with Crippen LogP contribution in [0, 0.1) is 13.8 Å². The van der Waals surface area contributed by atoms with E-state index < -0.39 is 12.1 Å². The molecule has 0 fully saturated rings. The van der Waals surface area contributed by atoms with E-state index in [0.29, 0.717) is 24.7 Å². The van der Waals surface area contributed by atoms with E-state index in [4.69, 9.17) is 26.2 Å². The van der Waals surface area contributed by atoms with Crippen LogP contribution in [0.15, 0.2) is 12.1 Å². The van der Waals surface area contributed by atoms with Crippen LogP contribution < -0.4 is 4.74 Å². The lowest BCUT2D eigenvalue weighted by Gasteiger charge is -2.15. The van der Waals surface area contributed by atoms with Crippen LogP contribution in [-0.4, -0.2) is 30.4 Å². The maximum absolute atomic E-state index is 10.9. The van der Waals surface area contributed by atoms with Crippen molar-refractivity contribution in [2.75, 3.05) is 13.2 Å². The van der Waals surface area contributed by atoms with Crippen LogP contribution in [0.3, 0.4) is 0 Å².